The van der Waals surface area contributed by atoms with E-state index in [2.05, 4.69) is 15.3 Å². The minimum Gasteiger partial charge on any atom is -0.338 e. The minimum absolute atomic E-state index is 0. The van der Waals surface area contributed by atoms with E-state index in [1.807, 2.05) is 62.4 Å². The highest BCUT2D eigenvalue weighted by atomic mass is 35.5. The molecule has 1 amide bonds. The van der Waals surface area contributed by atoms with Crippen molar-refractivity contribution in [1.82, 2.24) is 9.97 Å². The molecule has 23 heavy (non-hydrogen) atoms. The monoisotopic (exact) mass is 329 g/mol. The third-order valence-corrected chi connectivity index (χ3v) is 3.43. The van der Waals surface area contributed by atoms with E-state index < -0.39 is 0 Å². The predicted octanol–water partition coefficient (Wildman–Crippen LogP) is 4.64. The third kappa shape index (κ3) is 4.11. The number of aromatic amines is 1. The number of nitrogens with one attached hydrogen (secondary N) is 2. The zero-order valence-electron chi connectivity index (χ0n) is 13.2. The van der Waals surface area contributed by atoms with Gasteiger partial charge in [0.1, 0.15) is 5.82 Å². The summed E-state index contributed by atoms with van der Waals surface area (Å²) in [5.41, 5.74) is 3.78. The van der Waals surface area contributed by atoms with Crippen LogP contribution >= 0.6 is 12.4 Å². The van der Waals surface area contributed by atoms with Crippen molar-refractivity contribution < 1.29 is 4.79 Å². The number of rotatable bonds is 4. The second-order valence-electron chi connectivity index (χ2n) is 5.83. The van der Waals surface area contributed by atoms with Crippen LogP contribution in [0.4, 0.5) is 5.69 Å². The standard InChI is InChI=1S/C18H19N3O.ClH/c1-12(2)11-17(22)19-14-9-7-13(8-10-14)18-20-15-5-3-4-6-16(15)21-18;/h3-10,12H,11H2,1-2H3,(H,19,22)(H,20,21);1H. The van der Waals surface area contributed by atoms with Gasteiger partial charge in [-0.1, -0.05) is 26.0 Å². The number of H-pyrrole nitrogens is 1. The molecule has 0 spiro atoms. The van der Waals surface area contributed by atoms with E-state index in [9.17, 15) is 4.79 Å². The smallest absolute Gasteiger partial charge is 0.224 e. The second kappa shape index (κ2) is 7.29. The zero-order valence-corrected chi connectivity index (χ0v) is 14.0. The van der Waals surface area contributed by atoms with Gasteiger partial charge in [0, 0.05) is 17.7 Å². The molecule has 0 saturated heterocycles. The summed E-state index contributed by atoms with van der Waals surface area (Å²) in [6.07, 6.45) is 0.533. The molecular formula is C18H20ClN3O. The molecule has 0 radical (unpaired) electrons. The zero-order chi connectivity index (χ0) is 15.5. The summed E-state index contributed by atoms with van der Waals surface area (Å²) in [4.78, 5) is 19.6. The number of amides is 1. The van der Waals surface area contributed by atoms with Crippen molar-refractivity contribution in [3.05, 3.63) is 48.5 Å². The molecule has 5 heteroatoms. The molecule has 0 aliphatic heterocycles. The average Bonchev–Trinajstić information content (AvgIpc) is 2.91. The maximum atomic E-state index is 11.8. The van der Waals surface area contributed by atoms with Crippen LogP contribution in [0.1, 0.15) is 20.3 Å². The summed E-state index contributed by atoms with van der Waals surface area (Å²) in [5, 5.41) is 2.91. The van der Waals surface area contributed by atoms with Crippen molar-refractivity contribution >= 4 is 35.0 Å². The van der Waals surface area contributed by atoms with Gasteiger partial charge in [-0.2, -0.15) is 0 Å². The Kier molecular flexibility index (Phi) is 5.40. The maximum absolute atomic E-state index is 11.8. The van der Waals surface area contributed by atoms with Crippen LogP contribution in [-0.4, -0.2) is 15.9 Å². The molecule has 0 bridgehead atoms. The first-order valence-corrected chi connectivity index (χ1v) is 7.47. The van der Waals surface area contributed by atoms with E-state index in [-0.39, 0.29) is 18.3 Å². The number of imidazole rings is 1. The van der Waals surface area contributed by atoms with E-state index in [0.717, 1.165) is 28.1 Å². The number of aromatic nitrogens is 2. The fourth-order valence-corrected chi connectivity index (χ4v) is 2.38. The van der Waals surface area contributed by atoms with E-state index in [4.69, 9.17) is 0 Å². The lowest BCUT2D eigenvalue weighted by atomic mass is 10.1. The Morgan fingerprint density at radius 3 is 2.48 bits per heavy atom. The van der Waals surface area contributed by atoms with Gasteiger partial charge in [-0.3, -0.25) is 4.79 Å². The molecule has 1 aromatic heterocycles. The van der Waals surface area contributed by atoms with E-state index in [1.54, 1.807) is 0 Å². The molecule has 0 saturated carbocycles. The lowest BCUT2D eigenvalue weighted by molar-refractivity contribution is -0.116. The molecule has 0 aliphatic rings. The first-order chi connectivity index (χ1) is 10.6. The lowest BCUT2D eigenvalue weighted by Crippen LogP contribution is -2.13. The summed E-state index contributed by atoms with van der Waals surface area (Å²) in [5.74, 6) is 1.24. The number of hydrogen-bond donors (Lipinski definition) is 2. The van der Waals surface area contributed by atoms with Crippen molar-refractivity contribution in [1.29, 1.82) is 0 Å². The van der Waals surface area contributed by atoms with Crippen LogP contribution in [0.2, 0.25) is 0 Å². The molecule has 120 valence electrons. The number of para-hydroxylation sites is 2. The number of benzene rings is 2. The Morgan fingerprint density at radius 2 is 1.83 bits per heavy atom. The van der Waals surface area contributed by atoms with Crippen LogP contribution in [0.5, 0.6) is 0 Å². The number of carbonyl (C=O) groups is 1. The lowest BCUT2D eigenvalue weighted by Gasteiger charge is -2.07. The molecular weight excluding hydrogens is 310 g/mol. The van der Waals surface area contributed by atoms with Gasteiger partial charge in [0.25, 0.3) is 0 Å². The highest BCUT2D eigenvalue weighted by Gasteiger charge is 2.07. The molecule has 0 fully saturated rings. The summed E-state index contributed by atoms with van der Waals surface area (Å²) >= 11 is 0. The van der Waals surface area contributed by atoms with Gasteiger partial charge < -0.3 is 10.3 Å². The number of hydrogen-bond acceptors (Lipinski definition) is 2. The van der Waals surface area contributed by atoms with Gasteiger partial charge in [0.15, 0.2) is 0 Å². The minimum atomic E-state index is 0. The number of anilines is 1. The number of halogens is 1. The quantitative estimate of drug-likeness (QED) is 0.732. The fourth-order valence-electron chi connectivity index (χ4n) is 2.38. The average molecular weight is 330 g/mol. The molecule has 2 aromatic carbocycles. The van der Waals surface area contributed by atoms with Gasteiger partial charge in [-0.15, -0.1) is 12.4 Å². The first kappa shape index (κ1) is 17.0. The maximum Gasteiger partial charge on any atom is 0.224 e. The van der Waals surface area contributed by atoms with E-state index >= 15 is 0 Å². The van der Waals surface area contributed by atoms with Crippen molar-refractivity contribution in [2.75, 3.05) is 5.32 Å². The Hall–Kier alpha value is -2.33. The summed E-state index contributed by atoms with van der Waals surface area (Å²) in [6, 6.07) is 15.7. The molecule has 0 aliphatic carbocycles. The van der Waals surface area contributed by atoms with Crippen LogP contribution in [-0.2, 0) is 4.79 Å². The second-order valence-corrected chi connectivity index (χ2v) is 5.83. The van der Waals surface area contributed by atoms with Crippen LogP contribution in [0, 0.1) is 5.92 Å². The summed E-state index contributed by atoms with van der Waals surface area (Å²) < 4.78 is 0. The van der Waals surface area contributed by atoms with E-state index in [0.29, 0.717) is 12.3 Å². The van der Waals surface area contributed by atoms with E-state index in [1.165, 1.54) is 0 Å². The van der Waals surface area contributed by atoms with Crippen LogP contribution in [0.15, 0.2) is 48.5 Å². The highest BCUT2D eigenvalue weighted by Crippen LogP contribution is 2.22. The first-order valence-electron chi connectivity index (χ1n) is 7.47. The number of nitrogens with zero attached hydrogens (tertiary/aromatic N) is 1. The third-order valence-electron chi connectivity index (χ3n) is 3.43. The highest BCUT2D eigenvalue weighted by molar-refractivity contribution is 5.91. The molecule has 3 aromatic rings. The Labute approximate surface area is 141 Å². The molecule has 0 atom stereocenters. The fraction of sp³-hybridized carbons (Fsp3) is 0.222. The number of fused-ring (bicyclic) bond motifs is 1. The van der Waals surface area contributed by atoms with Crippen molar-refractivity contribution in [3.63, 3.8) is 0 Å². The normalized spacial score (nSPS) is 10.6. The van der Waals surface area contributed by atoms with Gasteiger partial charge in [0.05, 0.1) is 11.0 Å². The molecule has 0 unspecified atom stereocenters. The van der Waals surface area contributed by atoms with Crippen molar-refractivity contribution in [2.45, 2.75) is 20.3 Å². The predicted molar refractivity (Wildman–Crippen MR) is 96.9 cm³/mol. The van der Waals surface area contributed by atoms with Crippen LogP contribution in [0.3, 0.4) is 0 Å². The Bertz CT molecular complexity index is 760. The topological polar surface area (TPSA) is 57.8 Å². The SMILES string of the molecule is CC(C)CC(=O)Nc1ccc(-c2nc3ccccc3[nH]2)cc1.Cl. The molecule has 2 N–H and O–H groups in total. The van der Waals surface area contributed by atoms with Crippen LogP contribution in [0.25, 0.3) is 22.4 Å². The Balaban J connectivity index is 0.00000192. The largest absolute Gasteiger partial charge is 0.338 e. The van der Waals surface area contributed by atoms with Crippen molar-refractivity contribution in [2.24, 2.45) is 5.92 Å². The van der Waals surface area contributed by atoms with Gasteiger partial charge in [-0.05, 0) is 42.3 Å². The molecule has 1 heterocycles. The number of carbonyl (C=O) groups excluding carboxylic acids is 1. The van der Waals surface area contributed by atoms with Gasteiger partial charge in [-0.25, -0.2) is 4.98 Å². The van der Waals surface area contributed by atoms with Gasteiger partial charge in [0.2, 0.25) is 5.91 Å². The van der Waals surface area contributed by atoms with Gasteiger partial charge >= 0.3 is 0 Å². The van der Waals surface area contributed by atoms with Crippen molar-refractivity contribution in [3.8, 4) is 11.4 Å². The Morgan fingerprint density at radius 1 is 1.13 bits per heavy atom. The molecule has 4 nitrogen and oxygen atoms in total. The summed E-state index contributed by atoms with van der Waals surface area (Å²) in [7, 11) is 0. The molecule has 3 rings (SSSR count). The summed E-state index contributed by atoms with van der Waals surface area (Å²) in [6.45, 7) is 4.06. The van der Waals surface area contributed by atoms with Crippen LogP contribution < -0.4 is 5.32 Å².